The van der Waals surface area contributed by atoms with Gasteiger partial charge < -0.3 is 5.11 Å². The molecule has 0 radical (unpaired) electrons. The maximum atomic E-state index is 9.59. The van der Waals surface area contributed by atoms with Crippen molar-refractivity contribution in [2.45, 2.75) is 31.9 Å². The van der Waals surface area contributed by atoms with Crippen LogP contribution in [0.5, 0.6) is 0 Å². The van der Waals surface area contributed by atoms with E-state index in [1.807, 2.05) is 0 Å². The summed E-state index contributed by atoms with van der Waals surface area (Å²) in [5, 5.41) is 12.2. The Morgan fingerprint density at radius 3 is 2.47 bits per heavy atom. The first kappa shape index (κ1) is 12.6. The van der Waals surface area contributed by atoms with Crippen LogP contribution in [0.1, 0.15) is 31.4 Å². The largest absolute Gasteiger partial charge is 0.393 e. The summed E-state index contributed by atoms with van der Waals surface area (Å²) < 4.78 is 0. The van der Waals surface area contributed by atoms with Crippen LogP contribution in [0.3, 0.4) is 0 Å². The number of aliphatic hydroxyl groups is 1. The van der Waals surface area contributed by atoms with E-state index in [0.717, 1.165) is 25.9 Å². The van der Waals surface area contributed by atoms with Gasteiger partial charge in [0.2, 0.25) is 0 Å². The van der Waals surface area contributed by atoms with Crippen LogP contribution in [0.15, 0.2) is 42.5 Å². The third-order valence-corrected chi connectivity index (χ3v) is 4.30. The van der Waals surface area contributed by atoms with Gasteiger partial charge in [-0.25, -0.2) is 0 Å². The Kier molecular flexibility index (Phi) is 3.54. The Bertz CT molecular complexity index is 558. The molecule has 1 unspecified atom stereocenters. The number of nitrogens with zero attached hydrogens (tertiary/aromatic N) is 1. The van der Waals surface area contributed by atoms with E-state index in [-0.39, 0.29) is 6.10 Å². The number of aliphatic hydroxyl groups excluding tert-OH is 1. The molecule has 2 aromatic carbocycles. The van der Waals surface area contributed by atoms with Gasteiger partial charge in [-0.15, -0.1) is 0 Å². The summed E-state index contributed by atoms with van der Waals surface area (Å²) in [6.07, 6.45) is 1.70. The minimum absolute atomic E-state index is 0.0972. The van der Waals surface area contributed by atoms with E-state index >= 15 is 0 Å². The van der Waals surface area contributed by atoms with Crippen LogP contribution in [0.25, 0.3) is 10.8 Å². The van der Waals surface area contributed by atoms with E-state index in [2.05, 4.69) is 54.3 Å². The first-order valence-electron chi connectivity index (χ1n) is 7.15. The molecule has 1 N–H and O–H groups in total. The van der Waals surface area contributed by atoms with Crippen molar-refractivity contribution in [2.75, 3.05) is 13.1 Å². The third kappa shape index (κ3) is 2.65. The predicted molar refractivity (Wildman–Crippen MR) is 79.2 cm³/mol. The highest BCUT2D eigenvalue weighted by molar-refractivity contribution is 5.83. The minimum Gasteiger partial charge on any atom is -0.393 e. The molecule has 0 spiro atoms. The van der Waals surface area contributed by atoms with Gasteiger partial charge in [-0.1, -0.05) is 36.4 Å². The highest BCUT2D eigenvalue weighted by atomic mass is 16.3. The molecular weight excluding hydrogens is 234 g/mol. The van der Waals surface area contributed by atoms with E-state index in [0.29, 0.717) is 6.04 Å². The minimum atomic E-state index is -0.0972. The summed E-state index contributed by atoms with van der Waals surface area (Å²) in [6, 6.07) is 15.7. The molecule has 0 aromatic heterocycles. The number of benzene rings is 2. The lowest BCUT2D eigenvalue weighted by atomic mass is 9.99. The average molecular weight is 255 g/mol. The molecule has 1 aliphatic heterocycles. The van der Waals surface area contributed by atoms with Crippen LogP contribution in [-0.4, -0.2) is 29.2 Å². The van der Waals surface area contributed by atoms with Crippen molar-refractivity contribution in [3.8, 4) is 0 Å². The van der Waals surface area contributed by atoms with Gasteiger partial charge >= 0.3 is 0 Å². The highest BCUT2D eigenvalue weighted by Gasteiger charge is 2.22. The third-order valence-electron chi connectivity index (χ3n) is 4.30. The molecule has 1 atom stereocenters. The zero-order valence-corrected chi connectivity index (χ0v) is 11.4. The fourth-order valence-electron chi connectivity index (χ4n) is 2.95. The number of hydrogen-bond acceptors (Lipinski definition) is 2. The molecular formula is C17H21NO. The Morgan fingerprint density at radius 2 is 1.74 bits per heavy atom. The standard InChI is InChI=1S/C17H21NO/c1-13(18-10-8-17(19)9-11-18)15-7-6-14-4-2-3-5-16(14)12-15/h2-7,12-13,17,19H,8-11H2,1H3. The van der Waals surface area contributed by atoms with Crippen molar-refractivity contribution in [3.63, 3.8) is 0 Å². The second-order valence-electron chi connectivity index (χ2n) is 5.55. The molecule has 2 heteroatoms. The Hall–Kier alpha value is -1.38. The molecule has 0 amide bonds. The van der Waals surface area contributed by atoms with Crippen molar-refractivity contribution in [3.05, 3.63) is 48.0 Å². The van der Waals surface area contributed by atoms with E-state index in [1.165, 1.54) is 16.3 Å². The van der Waals surface area contributed by atoms with Crippen LogP contribution in [-0.2, 0) is 0 Å². The molecule has 100 valence electrons. The lowest BCUT2D eigenvalue weighted by Crippen LogP contribution is -2.37. The zero-order chi connectivity index (χ0) is 13.2. The fraction of sp³-hybridized carbons (Fsp3) is 0.412. The zero-order valence-electron chi connectivity index (χ0n) is 11.4. The summed E-state index contributed by atoms with van der Waals surface area (Å²) in [5.74, 6) is 0. The number of rotatable bonds is 2. The normalized spacial score (nSPS) is 19.7. The van der Waals surface area contributed by atoms with E-state index in [4.69, 9.17) is 0 Å². The monoisotopic (exact) mass is 255 g/mol. The van der Waals surface area contributed by atoms with Crippen LogP contribution < -0.4 is 0 Å². The van der Waals surface area contributed by atoms with E-state index in [1.54, 1.807) is 0 Å². The molecule has 1 saturated heterocycles. The maximum absolute atomic E-state index is 9.59. The molecule has 1 fully saturated rings. The second kappa shape index (κ2) is 5.32. The second-order valence-corrected chi connectivity index (χ2v) is 5.55. The summed E-state index contributed by atoms with van der Waals surface area (Å²) in [4.78, 5) is 2.47. The topological polar surface area (TPSA) is 23.5 Å². The van der Waals surface area contributed by atoms with Gasteiger partial charge in [0.15, 0.2) is 0 Å². The molecule has 0 bridgehead atoms. The van der Waals surface area contributed by atoms with Gasteiger partial charge in [-0.05, 0) is 42.2 Å². The Labute approximate surface area is 114 Å². The summed E-state index contributed by atoms with van der Waals surface area (Å²) in [6.45, 7) is 4.26. The van der Waals surface area contributed by atoms with Crippen molar-refractivity contribution >= 4 is 10.8 Å². The lowest BCUT2D eigenvalue weighted by molar-refractivity contribution is 0.0645. The van der Waals surface area contributed by atoms with Crippen LogP contribution in [0, 0.1) is 0 Å². The van der Waals surface area contributed by atoms with Crippen molar-refractivity contribution in [1.29, 1.82) is 0 Å². The number of fused-ring (bicyclic) bond motifs is 1. The average Bonchev–Trinajstić information content (AvgIpc) is 2.47. The predicted octanol–water partition coefficient (Wildman–Crippen LogP) is 3.36. The molecule has 0 aliphatic carbocycles. The van der Waals surface area contributed by atoms with Gasteiger partial charge in [0.25, 0.3) is 0 Å². The summed E-state index contributed by atoms with van der Waals surface area (Å²) >= 11 is 0. The molecule has 2 nitrogen and oxygen atoms in total. The fourth-order valence-corrected chi connectivity index (χ4v) is 2.95. The number of hydrogen-bond donors (Lipinski definition) is 1. The highest BCUT2D eigenvalue weighted by Crippen LogP contribution is 2.26. The molecule has 1 heterocycles. The SMILES string of the molecule is CC(c1ccc2ccccc2c1)N1CCC(O)CC1. The molecule has 19 heavy (non-hydrogen) atoms. The first-order valence-corrected chi connectivity index (χ1v) is 7.15. The van der Waals surface area contributed by atoms with Gasteiger partial charge in [0, 0.05) is 19.1 Å². The first-order chi connectivity index (χ1) is 9.24. The molecule has 1 aliphatic rings. The van der Waals surface area contributed by atoms with Gasteiger partial charge in [0.1, 0.15) is 0 Å². The summed E-state index contributed by atoms with van der Waals surface area (Å²) in [5.41, 5.74) is 1.37. The smallest absolute Gasteiger partial charge is 0.0564 e. The van der Waals surface area contributed by atoms with Crippen molar-refractivity contribution < 1.29 is 5.11 Å². The van der Waals surface area contributed by atoms with Crippen LogP contribution >= 0.6 is 0 Å². The molecule has 3 rings (SSSR count). The molecule has 0 saturated carbocycles. The lowest BCUT2D eigenvalue weighted by Gasteiger charge is -2.34. The van der Waals surface area contributed by atoms with Crippen LogP contribution in [0.4, 0.5) is 0 Å². The van der Waals surface area contributed by atoms with Crippen molar-refractivity contribution in [1.82, 2.24) is 4.90 Å². The van der Waals surface area contributed by atoms with Crippen molar-refractivity contribution in [2.24, 2.45) is 0 Å². The van der Waals surface area contributed by atoms with Gasteiger partial charge in [-0.3, -0.25) is 4.90 Å². The quantitative estimate of drug-likeness (QED) is 0.889. The maximum Gasteiger partial charge on any atom is 0.0564 e. The van der Waals surface area contributed by atoms with E-state index in [9.17, 15) is 5.11 Å². The Balaban J connectivity index is 1.83. The van der Waals surface area contributed by atoms with Gasteiger partial charge in [-0.2, -0.15) is 0 Å². The molecule has 2 aromatic rings. The Morgan fingerprint density at radius 1 is 1.05 bits per heavy atom. The number of piperidine rings is 1. The van der Waals surface area contributed by atoms with Crippen LogP contribution in [0.2, 0.25) is 0 Å². The number of likely N-dealkylation sites (tertiary alicyclic amines) is 1. The van der Waals surface area contributed by atoms with E-state index < -0.39 is 0 Å². The summed E-state index contributed by atoms with van der Waals surface area (Å²) in [7, 11) is 0. The van der Waals surface area contributed by atoms with Gasteiger partial charge in [0.05, 0.1) is 6.10 Å².